The molecule has 0 saturated carbocycles. The number of nitrogens with one attached hydrogen (secondary N) is 1. The topological polar surface area (TPSA) is 53.0 Å². The molecule has 2 aromatic carbocycles. The van der Waals surface area contributed by atoms with Gasteiger partial charge in [-0.3, -0.25) is 4.68 Å². The molecule has 0 unspecified atom stereocenters. The van der Waals surface area contributed by atoms with E-state index in [1.54, 1.807) is 12.1 Å². The summed E-state index contributed by atoms with van der Waals surface area (Å²) < 4.78 is 17.8. The highest BCUT2D eigenvalue weighted by molar-refractivity contribution is 7.96. The fourth-order valence-corrected chi connectivity index (χ4v) is 5.33. The predicted octanol–water partition coefficient (Wildman–Crippen LogP) is 5.68. The molecule has 1 aliphatic rings. The number of pyridine rings is 1. The zero-order chi connectivity index (χ0) is 24.5. The van der Waals surface area contributed by atoms with Crippen LogP contribution in [0.15, 0.2) is 79.4 Å². The van der Waals surface area contributed by atoms with Crippen LogP contribution in [0.3, 0.4) is 0 Å². The zero-order valence-electron chi connectivity index (χ0n) is 20.1. The number of rotatable bonds is 6. The van der Waals surface area contributed by atoms with Gasteiger partial charge >= 0.3 is 0 Å². The summed E-state index contributed by atoms with van der Waals surface area (Å²) in [6.45, 7) is 4.78. The van der Waals surface area contributed by atoms with E-state index in [-0.39, 0.29) is 5.82 Å². The first-order valence-electron chi connectivity index (χ1n) is 12.0. The first kappa shape index (κ1) is 22.8. The third-order valence-corrected chi connectivity index (χ3v) is 7.65. The average molecular weight is 499 g/mol. The predicted molar refractivity (Wildman–Crippen MR) is 146 cm³/mol. The van der Waals surface area contributed by atoms with Crippen LogP contribution in [0.4, 0.5) is 10.1 Å². The molecular formula is C28H27FN6S. The van der Waals surface area contributed by atoms with Crippen LogP contribution in [0.25, 0.3) is 33.3 Å². The molecule has 0 aliphatic carbocycles. The molecule has 0 atom stereocenters. The summed E-state index contributed by atoms with van der Waals surface area (Å²) in [6.07, 6.45) is 9.88. The third-order valence-electron chi connectivity index (χ3n) is 6.77. The smallest absolute Gasteiger partial charge is 0.137 e. The molecular weight excluding hydrogens is 471 g/mol. The van der Waals surface area contributed by atoms with Crippen molar-refractivity contribution in [1.29, 1.82) is 0 Å². The van der Waals surface area contributed by atoms with Crippen LogP contribution in [0.5, 0.6) is 0 Å². The fraction of sp³-hybridized carbons (Fsp3) is 0.214. The van der Waals surface area contributed by atoms with Gasteiger partial charge in [-0.2, -0.15) is 5.10 Å². The minimum atomic E-state index is -0.235. The van der Waals surface area contributed by atoms with E-state index in [2.05, 4.69) is 60.9 Å². The van der Waals surface area contributed by atoms with Crippen LogP contribution in [0.2, 0.25) is 0 Å². The summed E-state index contributed by atoms with van der Waals surface area (Å²) >= 11 is 1.82. The second kappa shape index (κ2) is 9.79. The maximum Gasteiger partial charge on any atom is 0.137 e. The molecule has 0 spiro atoms. The van der Waals surface area contributed by atoms with Crippen molar-refractivity contribution in [3.05, 3.63) is 90.8 Å². The molecule has 0 radical (unpaired) electrons. The molecule has 4 heterocycles. The number of aromatic nitrogens is 4. The first-order chi connectivity index (χ1) is 17.7. The lowest BCUT2D eigenvalue weighted by Gasteiger charge is -2.34. The first-order valence-corrected chi connectivity index (χ1v) is 13.2. The highest BCUT2D eigenvalue weighted by atomic mass is 32.2. The van der Waals surface area contributed by atoms with Crippen molar-refractivity contribution in [3.8, 4) is 22.3 Å². The lowest BCUT2D eigenvalue weighted by molar-refractivity contribution is 0.431. The molecule has 0 bridgehead atoms. The van der Waals surface area contributed by atoms with Gasteiger partial charge in [0.2, 0.25) is 0 Å². The van der Waals surface area contributed by atoms with E-state index in [0.29, 0.717) is 6.54 Å². The minimum Gasteiger partial charge on any atom is -0.369 e. The number of hydrogen-bond donors (Lipinski definition) is 1. The Morgan fingerprint density at radius 1 is 0.944 bits per heavy atom. The standard InChI is InChI=1S/C28H27FN6S/c1-36-35-11-9-33(10-12-35)25-7-5-21(6-8-25)22-14-26-27(17-31-28(26)30-15-22)23-16-32-34(19-23)18-20-3-2-4-24(29)13-20/h2-8,13-17,19H,9-12,18H2,1H3,(H,30,31). The van der Waals surface area contributed by atoms with Gasteiger partial charge in [-0.05, 0) is 47.7 Å². The van der Waals surface area contributed by atoms with Crippen LogP contribution in [-0.2, 0) is 6.54 Å². The summed E-state index contributed by atoms with van der Waals surface area (Å²) in [6, 6.07) is 17.6. The molecule has 1 N–H and O–H groups in total. The summed E-state index contributed by atoms with van der Waals surface area (Å²) in [5.41, 5.74) is 7.25. The molecule has 182 valence electrons. The number of hydrogen-bond acceptors (Lipinski definition) is 5. The Balaban J connectivity index is 1.23. The van der Waals surface area contributed by atoms with Gasteiger partial charge in [0.1, 0.15) is 11.5 Å². The molecule has 1 fully saturated rings. The van der Waals surface area contributed by atoms with Crippen molar-refractivity contribution in [2.45, 2.75) is 6.54 Å². The summed E-state index contributed by atoms with van der Waals surface area (Å²) in [5.74, 6) is -0.235. The van der Waals surface area contributed by atoms with Gasteiger partial charge in [0, 0.05) is 72.5 Å². The Bertz CT molecular complexity index is 1480. The Kier molecular flexibility index (Phi) is 6.21. The minimum absolute atomic E-state index is 0.235. The monoisotopic (exact) mass is 498 g/mol. The molecule has 5 aromatic rings. The SMILES string of the molecule is CSN1CCN(c2ccc(-c3cnc4[nH]cc(-c5cnn(Cc6cccc(F)c6)c5)c4c3)cc2)CC1. The number of piperazine rings is 1. The maximum atomic E-state index is 13.5. The van der Waals surface area contributed by atoms with Crippen LogP contribution in [0, 0.1) is 5.82 Å². The Hall–Kier alpha value is -3.62. The van der Waals surface area contributed by atoms with Gasteiger partial charge in [-0.1, -0.05) is 36.2 Å². The van der Waals surface area contributed by atoms with E-state index >= 15 is 0 Å². The molecule has 8 heteroatoms. The van der Waals surface area contributed by atoms with Crippen molar-refractivity contribution in [2.75, 3.05) is 37.3 Å². The Labute approximate surface area is 213 Å². The van der Waals surface area contributed by atoms with Crippen molar-refractivity contribution in [2.24, 2.45) is 0 Å². The van der Waals surface area contributed by atoms with Gasteiger partial charge in [-0.25, -0.2) is 13.7 Å². The highest BCUT2D eigenvalue weighted by Gasteiger charge is 2.17. The van der Waals surface area contributed by atoms with E-state index in [4.69, 9.17) is 0 Å². The van der Waals surface area contributed by atoms with Crippen LogP contribution < -0.4 is 4.90 Å². The van der Waals surface area contributed by atoms with E-state index < -0.39 is 0 Å². The molecule has 6 rings (SSSR count). The number of aromatic amines is 1. The normalized spacial score (nSPS) is 14.6. The van der Waals surface area contributed by atoms with Crippen molar-refractivity contribution in [1.82, 2.24) is 24.1 Å². The number of fused-ring (bicyclic) bond motifs is 1. The van der Waals surface area contributed by atoms with Crippen LogP contribution >= 0.6 is 11.9 Å². The van der Waals surface area contributed by atoms with Gasteiger partial charge in [0.15, 0.2) is 0 Å². The summed E-state index contributed by atoms with van der Waals surface area (Å²) in [5, 5.41) is 5.55. The van der Waals surface area contributed by atoms with Crippen LogP contribution in [-0.4, -0.2) is 56.5 Å². The van der Waals surface area contributed by atoms with E-state index in [1.165, 1.54) is 11.8 Å². The Morgan fingerprint density at radius 2 is 1.78 bits per heavy atom. The maximum absolute atomic E-state index is 13.5. The average Bonchev–Trinajstić information content (AvgIpc) is 3.55. The highest BCUT2D eigenvalue weighted by Crippen LogP contribution is 2.32. The Morgan fingerprint density at radius 3 is 2.56 bits per heavy atom. The summed E-state index contributed by atoms with van der Waals surface area (Å²) in [4.78, 5) is 10.4. The second-order valence-corrected chi connectivity index (χ2v) is 9.91. The van der Waals surface area contributed by atoms with Crippen molar-refractivity contribution < 1.29 is 4.39 Å². The van der Waals surface area contributed by atoms with Crippen molar-refractivity contribution in [3.63, 3.8) is 0 Å². The summed E-state index contributed by atoms with van der Waals surface area (Å²) in [7, 11) is 0. The van der Waals surface area contributed by atoms with Gasteiger partial charge < -0.3 is 9.88 Å². The molecule has 6 nitrogen and oxygen atoms in total. The van der Waals surface area contributed by atoms with E-state index in [0.717, 1.165) is 65.0 Å². The lowest BCUT2D eigenvalue weighted by atomic mass is 10.0. The molecule has 1 saturated heterocycles. The third kappa shape index (κ3) is 4.62. The largest absolute Gasteiger partial charge is 0.369 e. The molecule has 0 amide bonds. The number of nitrogens with zero attached hydrogens (tertiary/aromatic N) is 5. The number of anilines is 1. The van der Waals surface area contributed by atoms with E-state index in [9.17, 15) is 4.39 Å². The molecule has 3 aromatic heterocycles. The van der Waals surface area contributed by atoms with Crippen LogP contribution in [0.1, 0.15) is 5.56 Å². The number of H-pyrrole nitrogens is 1. The zero-order valence-corrected chi connectivity index (χ0v) is 20.9. The van der Waals surface area contributed by atoms with Gasteiger partial charge in [0.25, 0.3) is 0 Å². The van der Waals surface area contributed by atoms with Gasteiger partial charge in [0.05, 0.1) is 12.7 Å². The molecule has 1 aliphatic heterocycles. The second-order valence-electron chi connectivity index (χ2n) is 9.02. The quantitative estimate of drug-likeness (QED) is 0.305. The molecule has 36 heavy (non-hydrogen) atoms. The van der Waals surface area contributed by atoms with E-state index in [1.807, 2.05) is 47.5 Å². The van der Waals surface area contributed by atoms with Crippen molar-refractivity contribution >= 4 is 28.7 Å². The lowest BCUT2D eigenvalue weighted by Crippen LogP contribution is -2.43. The number of benzene rings is 2. The van der Waals surface area contributed by atoms with Gasteiger partial charge in [-0.15, -0.1) is 0 Å². The fourth-order valence-electron chi connectivity index (χ4n) is 4.81. The number of halogens is 1.